The van der Waals surface area contributed by atoms with E-state index in [2.05, 4.69) is 44.7 Å². The Hall–Kier alpha value is -3.25. The van der Waals surface area contributed by atoms with Gasteiger partial charge in [0.05, 0.1) is 0 Å². The molecule has 154 valence electrons. The fourth-order valence-corrected chi connectivity index (χ4v) is 3.76. The minimum absolute atomic E-state index is 0.0458. The van der Waals surface area contributed by atoms with E-state index in [0.29, 0.717) is 25.2 Å². The lowest BCUT2D eigenvalue weighted by Crippen LogP contribution is -2.46. The second-order valence-electron chi connectivity index (χ2n) is 7.62. The van der Waals surface area contributed by atoms with E-state index in [9.17, 15) is 4.79 Å². The van der Waals surface area contributed by atoms with Gasteiger partial charge in [0.15, 0.2) is 11.5 Å². The summed E-state index contributed by atoms with van der Waals surface area (Å²) < 4.78 is 0. The number of hydrogen-bond donors (Lipinski definition) is 1. The van der Waals surface area contributed by atoms with Gasteiger partial charge >= 0.3 is 0 Å². The van der Waals surface area contributed by atoms with E-state index in [0.717, 1.165) is 31.0 Å². The monoisotopic (exact) mass is 401 g/mol. The van der Waals surface area contributed by atoms with Crippen molar-refractivity contribution in [2.75, 3.05) is 38.1 Å². The zero-order chi connectivity index (χ0) is 20.8. The SMILES string of the molecule is CN(Cc1ccccc1)c1nnc(C(=O)N2CCNCC2)cc1Cc1ccccc1. The molecule has 1 amide bonds. The van der Waals surface area contributed by atoms with Crippen LogP contribution < -0.4 is 10.2 Å². The molecule has 1 fully saturated rings. The quantitative estimate of drug-likeness (QED) is 0.688. The highest BCUT2D eigenvalue weighted by atomic mass is 16.2. The van der Waals surface area contributed by atoms with Gasteiger partial charge in [-0.1, -0.05) is 60.7 Å². The fourth-order valence-electron chi connectivity index (χ4n) is 3.76. The molecule has 6 nitrogen and oxygen atoms in total. The van der Waals surface area contributed by atoms with E-state index in [1.54, 1.807) is 0 Å². The number of aromatic nitrogens is 2. The predicted octanol–water partition coefficient (Wildman–Crippen LogP) is 2.75. The van der Waals surface area contributed by atoms with Gasteiger partial charge in [0.2, 0.25) is 0 Å². The number of rotatable bonds is 6. The van der Waals surface area contributed by atoms with Crippen molar-refractivity contribution in [3.63, 3.8) is 0 Å². The van der Waals surface area contributed by atoms with Gasteiger partial charge in [0, 0.05) is 51.8 Å². The summed E-state index contributed by atoms with van der Waals surface area (Å²) in [5.74, 6) is 0.759. The van der Waals surface area contributed by atoms with Crippen molar-refractivity contribution in [2.24, 2.45) is 0 Å². The third kappa shape index (κ3) is 4.83. The molecule has 0 radical (unpaired) electrons. The Balaban J connectivity index is 1.63. The van der Waals surface area contributed by atoms with Gasteiger partial charge < -0.3 is 15.1 Å². The third-order valence-electron chi connectivity index (χ3n) is 5.34. The second-order valence-corrected chi connectivity index (χ2v) is 7.62. The molecule has 0 aliphatic carbocycles. The van der Waals surface area contributed by atoms with Crippen LogP contribution in [0.5, 0.6) is 0 Å². The van der Waals surface area contributed by atoms with Gasteiger partial charge in [-0.15, -0.1) is 10.2 Å². The lowest BCUT2D eigenvalue weighted by molar-refractivity contribution is 0.0728. The first-order chi connectivity index (χ1) is 14.7. The topological polar surface area (TPSA) is 61.4 Å². The van der Waals surface area contributed by atoms with Crippen molar-refractivity contribution < 1.29 is 4.79 Å². The average molecular weight is 402 g/mol. The minimum atomic E-state index is -0.0458. The summed E-state index contributed by atoms with van der Waals surface area (Å²) in [6.45, 7) is 3.75. The summed E-state index contributed by atoms with van der Waals surface area (Å²) in [6.07, 6.45) is 0.701. The van der Waals surface area contributed by atoms with Crippen molar-refractivity contribution in [1.29, 1.82) is 0 Å². The van der Waals surface area contributed by atoms with Crippen LogP contribution in [0.25, 0.3) is 0 Å². The van der Waals surface area contributed by atoms with E-state index in [1.807, 2.05) is 54.4 Å². The molecule has 0 saturated carbocycles. The van der Waals surface area contributed by atoms with Crippen LogP contribution in [0, 0.1) is 0 Å². The Kier molecular flexibility index (Phi) is 6.35. The Morgan fingerprint density at radius 2 is 1.60 bits per heavy atom. The molecule has 1 aromatic heterocycles. The molecular weight excluding hydrogens is 374 g/mol. The summed E-state index contributed by atoms with van der Waals surface area (Å²) in [5, 5.41) is 12.1. The number of nitrogens with zero attached hydrogens (tertiary/aromatic N) is 4. The Bertz CT molecular complexity index is 971. The highest BCUT2D eigenvalue weighted by Crippen LogP contribution is 2.22. The maximum Gasteiger partial charge on any atom is 0.274 e. The molecule has 2 aromatic carbocycles. The first-order valence-electron chi connectivity index (χ1n) is 10.4. The second kappa shape index (κ2) is 9.50. The van der Waals surface area contributed by atoms with Crippen LogP contribution in [0.1, 0.15) is 27.2 Å². The normalized spacial score (nSPS) is 13.8. The fraction of sp³-hybridized carbons (Fsp3) is 0.292. The van der Waals surface area contributed by atoms with Crippen molar-refractivity contribution in [1.82, 2.24) is 20.4 Å². The maximum absolute atomic E-state index is 13.0. The summed E-state index contributed by atoms with van der Waals surface area (Å²) >= 11 is 0. The van der Waals surface area contributed by atoms with Gasteiger partial charge in [-0.2, -0.15) is 0 Å². The van der Waals surface area contributed by atoms with Crippen LogP contribution in [0.15, 0.2) is 66.7 Å². The summed E-state index contributed by atoms with van der Waals surface area (Å²) in [5.41, 5.74) is 3.81. The number of nitrogens with one attached hydrogen (secondary N) is 1. The lowest BCUT2D eigenvalue weighted by atomic mass is 10.0. The van der Waals surface area contributed by atoms with E-state index in [1.165, 1.54) is 11.1 Å². The molecule has 30 heavy (non-hydrogen) atoms. The number of hydrogen-bond acceptors (Lipinski definition) is 5. The van der Waals surface area contributed by atoms with Crippen LogP contribution in [-0.2, 0) is 13.0 Å². The molecule has 1 aliphatic rings. The summed E-state index contributed by atoms with van der Waals surface area (Å²) in [4.78, 5) is 16.9. The number of carbonyl (C=O) groups is 1. The van der Waals surface area contributed by atoms with Crippen molar-refractivity contribution in [3.8, 4) is 0 Å². The minimum Gasteiger partial charge on any atom is -0.354 e. The van der Waals surface area contributed by atoms with E-state index in [4.69, 9.17) is 0 Å². The molecule has 6 heteroatoms. The smallest absolute Gasteiger partial charge is 0.274 e. The van der Waals surface area contributed by atoms with E-state index < -0.39 is 0 Å². The zero-order valence-electron chi connectivity index (χ0n) is 17.3. The molecule has 0 unspecified atom stereocenters. The molecule has 1 aliphatic heterocycles. The van der Waals surface area contributed by atoms with Gasteiger partial charge in [-0.05, 0) is 17.2 Å². The Morgan fingerprint density at radius 1 is 0.967 bits per heavy atom. The number of benzene rings is 2. The Labute approximate surface area is 177 Å². The van der Waals surface area contributed by atoms with Crippen molar-refractivity contribution >= 4 is 11.7 Å². The predicted molar refractivity (Wildman–Crippen MR) is 119 cm³/mol. The molecule has 0 bridgehead atoms. The van der Waals surface area contributed by atoms with Gasteiger partial charge in [0.25, 0.3) is 5.91 Å². The average Bonchev–Trinajstić information content (AvgIpc) is 2.80. The molecule has 1 N–H and O–H groups in total. The molecule has 0 spiro atoms. The van der Waals surface area contributed by atoms with Crippen molar-refractivity contribution in [2.45, 2.75) is 13.0 Å². The van der Waals surface area contributed by atoms with Crippen LogP contribution >= 0.6 is 0 Å². The van der Waals surface area contributed by atoms with Crippen molar-refractivity contribution in [3.05, 3.63) is 89.1 Å². The molecule has 3 aromatic rings. The maximum atomic E-state index is 13.0. The Morgan fingerprint density at radius 3 is 2.27 bits per heavy atom. The zero-order valence-corrected chi connectivity index (χ0v) is 17.3. The first-order valence-corrected chi connectivity index (χ1v) is 10.4. The van der Waals surface area contributed by atoms with Crippen LogP contribution in [-0.4, -0.2) is 54.2 Å². The molecule has 4 rings (SSSR count). The van der Waals surface area contributed by atoms with Gasteiger partial charge in [-0.25, -0.2) is 0 Å². The number of anilines is 1. The van der Waals surface area contributed by atoms with E-state index >= 15 is 0 Å². The van der Waals surface area contributed by atoms with Crippen LogP contribution in [0.2, 0.25) is 0 Å². The summed E-state index contributed by atoms with van der Waals surface area (Å²) in [7, 11) is 2.02. The highest BCUT2D eigenvalue weighted by molar-refractivity contribution is 5.92. The van der Waals surface area contributed by atoms with Gasteiger partial charge in [-0.3, -0.25) is 4.79 Å². The third-order valence-corrected chi connectivity index (χ3v) is 5.34. The van der Waals surface area contributed by atoms with Gasteiger partial charge in [0.1, 0.15) is 0 Å². The molecule has 2 heterocycles. The van der Waals surface area contributed by atoms with Crippen LogP contribution in [0.3, 0.4) is 0 Å². The standard InChI is InChI=1S/C24H27N5O/c1-28(18-20-10-6-3-7-11-20)23-21(16-19-8-4-2-5-9-19)17-22(26-27-23)24(30)29-14-12-25-13-15-29/h2-11,17,25H,12-16,18H2,1H3. The van der Waals surface area contributed by atoms with Crippen LogP contribution in [0.4, 0.5) is 5.82 Å². The number of amides is 1. The molecule has 1 saturated heterocycles. The summed E-state index contributed by atoms with van der Waals surface area (Å²) in [6, 6.07) is 22.5. The number of carbonyl (C=O) groups excluding carboxylic acids is 1. The first kappa shape index (κ1) is 20.0. The van der Waals surface area contributed by atoms with E-state index in [-0.39, 0.29) is 5.91 Å². The largest absolute Gasteiger partial charge is 0.354 e. The number of piperazine rings is 1. The lowest BCUT2D eigenvalue weighted by Gasteiger charge is -2.27. The molecule has 0 atom stereocenters. The highest BCUT2D eigenvalue weighted by Gasteiger charge is 2.22. The molecular formula is C24H27N5O.